The Morgan fingerprint density at radius 3 is 2.44 bits per heavy atom. The zero-order valence-corrected chi connectivity index (χ0v) is 19.0. The van der Waals surface area contributed by atoms with Crippen molar-refractivity contribution in [2.24, 2.45) is 4.99 Å². The summed E-state index contributed by atoms with van der Waals surface area (Å²) in [6, 6.07) is 23.0. The van der Waals surface area contributed by atoms with Gasteiger partial charge in [-0.2, -0.15) is 4.99 Å². The molecule has 32 heavy (non-hydrogen) atoms. The number of ether oxygens (including phenoxy) is 1. The molecule has 0 unspecified atom stereocenters. The summed E-state index contributed by atoms with van der Waals surface area (Å²) >= 11 is 7.43. The number of hydrogen-bond donors (Lipinski definition) is 0. The number of esters is 1. The Labute approximate surface area is 194 Å². The fourth-order valence-corrected chi connectivity index (χ4v) is 4.67. The molecule has 1 heterocycles. The molecule has 5 nitrogen and oxygen atoms in total. The van der Waals surface area contributed by atoms with E-state index in [1.165, 1.54) is 16.9 Å². The number of hydrogen-bond acceptors (Lipinski definition) is 4. The third-order valence-corrected chi connectivity index (χ3v) is 6.16. The monoisotopic (exact) mass is 464 g/mol. The Morgan fingerprint density at radius 1 is 1.00 bits per heavy atom. The van der Waals surface area contributed by atoms with Gasteiger partial charge in [-0.3, -0.25) is 9.59 Å². The Hall–Kier alpha value is -3.22. The number of fused-ring (bicyclic) bond motifs is 1. The molecular formula is C25H21ClN2O3S. The Balaban J connectivity index is 1.64. The van der Waals surface area contributed by atoms with Gasteiger partial charge in [-0.05, 0) is 54.8 Å². The normalized spacial score (nSPS) is 11.6. The van der Waals surface area contributed by atoms with E-state index < -0.39 is 0 Å². The van der Waals surface area contributed by atoms with Crippen LogP contribution in [0.5, 0.6) is 0 Å². The second kappa shape index (κ2) is 9.94. The minimum atomic E-state index is -0.388. The van der Waals surface area contributed by atoms with Crippen molar-refractivity contribution < 1.29 is 14.3 Å². The van der Waals surface area contributed by atoms with E-state index in [2.05, 4.69) is 17.1 Å². The van der Waals surface area contributed by atoms with Crippen LogP contribution >= 0.6 is 22.9 Å². The van der Waals surface area contributed by atoms with E-state index in [1.54, 1.807) is 35.8 Å². The van der Waals surface area contributed by atoms with Crippen molar-refractivity contribution in [3.63, 3.8) is 0 Å². The highest BCUT2D eigenvalue weighted by molar-refractivity contribution is 7.16. The molecule has 3 aromatic carbocycles. The summed E-state index contributed by atoms with van der Waals surface area (Å²) in [7, 11) is 0. The number of aromatic nitrogens is 1. The van der Waals surface area contributed by atoms with Crippen LogP contribution in [0.25, 0.3) is 10.2 Å². The third kappa shape index (κ3) is 5.15. The molecule has 0 aliphatic rings. The summed E-state index contributed by atoms with van der Waals surface area (Å²) < 4.78 is 7.62. The van der Waals surface area contributed by atoms with E-state index in [4.69, 9.17) is 16.3 Å². The van der Waals surface area contributed by atoms with Crippen molar-refractivity contribution in [2.75, 3.05) is 6.61 Å². The van der Waals surface area contributed by atoms with E-state index in [0.717, 1.165) is 22.2 Å². The molecule has 0 bridgehead atoms. The SMILES string of the molecule is CCOC(=O)Cn1c(=NC(=O)c2ccc(Cc3ccccc3)cc2)sc2cc(Cl)ccc21. The molecule has 0 aliphatic heterocycles. The summed E-state index contributed by atoms with van der Waals surface area (Å²) in [5.74, 6) is -0.757. The van der Waals surface area contributed by atoms with Crippen LogP contribution in [0.3, 0.4) is 0 Å². The average Bonchev–Trinajstić information content (AvgIpc) is 3.10. The van der Waals surface area contributed by atoms with Gasteiger partial charge in [0.15, 0.2) is 4.80 Å². The van der Waals surface area contributed by atoms with Crippen LogP contribution in [0.4, 0.5) is 0 Å². The fourth-order valence-electron chi connectivity index (χ4n) is 3.37. The lowest BCUT2D eigenvalue weighted by atomic mass is 10.0. The van der Waals surface area contributed by atoms with Gasteiger partial charge in [0.1, 0.15) is 6.54 Å². The lowest BCUT2D eigenvalue weighted by molar-refractivity contribution is -0.143. The molecule has 0 fully saturated rings. The standard InChI is InChI=1S/C25H21ClN2O3S/c1-2-31-23(29)16-28-21-13-12-20(26)15-22(21)32-25(28)27-24(30)19-10-8-18(9-11-19)14-17-6-4-3-5-7-17/h3-13,15H,2,14,16H2,1H3. The number of carbonyl (C=O) groups excluding carboxylic acids is 2. The van der Waals surface area contributed by atoms with Gasteiger partial charge < -0.3 is 9.30 Å². The third-order valence-electron chi connectivity index (χ3n) is 4.89. The number of carbonyl (C=O) groups is 2. The number of benzene rings is 3. The minimum Gasteiger partial charge on any atom is -0.465 e. The summed E-state index contributed by atoms with van der Waals surface area (Å²) in [6.07, 6.45) is 0.795. The lowest BCUT2D eigenvalue weighted by Gasteiger charge is -2.05. The van der Waals surface area contributed by atoms with Gasteiger partial charge >= 0.3 is 5.97 Å². The Bertz CT molecular complexity index is 1330. The van der Waals surface area contributed by atoms with Crippen LogP contribution in [-0.4, -0.2) is 23.1 Å². The summed E-state index contributed by atoms with van der Waals surface area (Å²) in [5, 5.41) is 0.578. The summed E-state index contributed by atoms with van der Waals surface area (Å²) in [5.41, 5.74) is 3.58. The first-order chi connectivity index (χ1) is 15.5. The lowest BCUT2D eigenvalue weighted by Crippen LogP contribution is -2.23. The van der Waals surface area contributed by atoms with E-state index >= 15 is 0 Å². The molecule has 0 aliphatic carbocycles. The van der Waals surface area contributed by atoms with Crippen LogP contribution in [0.15, 0.2) is 77.8 Å². The number of thiazole rings is 1. The number of rotatable bonds is 6. The Kier molecular flexibility index (Phi) is 6.83. The van der Waals surface area contributed by atoms with Gasteiger partial charge in [-0.1, -0.05) is 65.4 Å². The van der Waals surface area contributed by atoms with Crippen molar-refractivity contribution in [2.45, 2.75) is 19.9 Å². The zero-order valence-electron chi connectivity index (χ0n) is 17.5. The van der Waals surface area contributed by atoms with Crippen molar-refractivity contribution in [3.05, 3.63) is 99.3 Å². The molecule has 1 aromatic heterocycles. The highest BCUT2D eigenvalue weighted by atomic mass is 35.5. The average molecular weight is 465 g/mol. The smallest absolute Gasteiger partial charge is 0.326 e. The minimum absolute atomic E-state index is 0.0302. The van der Waals surface area contributed by atoms with E-state index in [9.17, 15) is 9.59 Å². The molecule has 0 radical (unpaired) electrons. The topological polar surface area (TPSA) is 60.7 Å². The zero-order chi connectivity index (χ0) is 22.5. The maximum Gasteiger partial charge on any atom is 0.326 e. The van der Waals surface area contributed by atoms with Gasteiger partial charge in [-0.15, -0.1) is 0 Å². The number of nitrogens with zero attached hydrogens (tertiary/aromatic N) is 2. The predicted molar refractivity (Wildman–Crippen MR) is 127 cm³/mol. The van der Waals surface area contributed by atoms with Crippen molar-refractivity contribution in [1.82, 2.24) is 4.57 Å². The molecular weight excluding hydrogens is 444 g/mol. The first-order valence-electron chi connectivity index (χ1n) is 10.2. The molecule has 162 valence electrons. The first-order valence-corrected chi connectivity index (χ1v) is 11.4. The number of amides is 1. The second-order valence-electron chi connectivity index (χ2n) is 7.16. The molecule has 0 saturated heterocycles. The highest BCUT2D eigenvalue weighted by Crippen LogP contribution is 2.22. The number of halogens is 1. The maximum absolute atomic E-state index is 12.9. The predicted octanol–water partition coefficient (Wildman–Crippen LogP) is 5.25. The van der Waals surface area contributed by atoms with Gasteiger partial charge in [-0.25, -0.2) is 0 Å². The Morgan fingerprint density at radius 2 is 1.72 bits per heavy atom. The molecule has 0 atom stereocenters. The molecule has 4 rings (SSSR count). The van der Waals surface area contributed by atoms with Crippen molar-refractivity contribution in [3.8, 4) is 0 Å². The van der Waals surface area contributed by atoms with Crippen LogP contribution in [0.2, 0.25) is 5.02 Å². The van der Waals surface area contributed by atoms with Crippen LogP contribution in [0.1, 0.15) is 28.4 Å². The van der Waals surface area contributed by atoms with Crippen molar-refractivity contribution >= 4 is 45.0 Å². The van der Waals surface area contributed by atoms with Crippen LogP contribution in [0, 0.1) is 0 Å². The molecule has 0 spiro atoms. The first kappa shape index (κ1) is 22.0. The van der Waals surface area contributed by atoms with Gasteiger partial charge in [0.05, 0.1) is 16.8 Å². The molecule has 1 amide bonds. The quantitative estimate of drug-likeness (QED) is 0.366. The van der Waals surface area contributed by atoms with Crippen molar-refractivity contribution in [1.29, 1.82) is 0 Å². The van der Waals surface area contributed by atoms with Crippen LogP contribution in [-0.2, 0) is 22.5 Å². The van der Waals surface area contributed by atoms with Crippen LogP contribution < -0.4 is 4.80 Å². The van der Waals surface area contributed by atoms with E-state index in [1.807, 2.05) is 36.4 Å². The van der Waals surface area contributed by atoms with Gasteiger partial charge in [0, 0.05) is 10.6 Å². The molecule has 7 heteroatoms. The summed E-state index contributed by atoms with van der Waals surface area (Å²) in [6.45, 7) is 2.01. The molecule has 0 N–H and O–H groups in total. The van der Waals surface area contributed by atoms with Gasteiger partial charge in [0.2, 0.25) is 0 Å². The maximum atomic E-state index is 12.9. The van der Waals surface area contributed by atoms with E-state index in [-0.39, 0.29) is 25.0 Å². The van der Waals surface area contributed by atoms with Gasteiger partial charge in [0.25, 0.3) is 5.91 Å². The largest absolute Gasteiger partial charge is 0.465 e. The second-order valence-corrected chi connectivity index (χ2v) is 8.61. The molecule has 4 aromatic rings. The highest BCUT2D eigenvalue weighted by Gasteiger charge is 2.13. The van der Waals surface area contributed by atoms with E-state index in [0.29, 0.717) is 15.4 Å². The summed E-state index contributed by atoms with van der Waals surface area (Å²) in [4.78, 5) is 29.7. The molecule has 0 saturated carbocycles. The fraction of sp³-hybridized carbons (Fsp3) is 0.160.